The zero-order chi connectivity index (χ0) is 28.1. The standard InChI is InChI=1S/C23H26N8O3.C2H5NO2/c1-29-13-18(27-28-29)14-8-15(10-16(9-14)26-22(32)34-3)25-21-11-19-20(12-24-21)30(2)23(33)31(19)17-6-4-5-7-17;1-5-2(3)4/h8-13,17H,4-7H2,1-3H3,(H,24,25)(H,26,32);1H3,(H2,3,4). The lowest BCUT2D eigenvalue weighted by molar-refractivity contribution is 0.182. The van der Waals surface area contributed by atoms with Gasteiger partial charge in [-0.1, -0.05) is 18.1 Å². The Morgan fingerprint density at radius 3 is 2.33 bits per heavy atom. The highest BCUT2D eigenvalue weighted by Gasteiger charge is 2.23. The van der Waals surface area contributed by atoms with Crippen molar-refractivity contribution in [1.29, 1.82) is 0 Å². The van der Waals surface area contributed by atoms with Crippen LogP contribution >= 0.6 is 0 Å². The third-order valence-corrected chi connectivity index (χ3v) is 6.40. The molecule has 0 aliphatic heterocycles. The van der Waals surface area contributed by atoms with E-state index in [0.29, 0.717) is 22.9 Å². The Morgan fingerprint density at radius 1 is 1.03 bits per heavy atom. The Bertz CT molecular complexity index is 1550. The molecule has 0 radical (unpaired) electrons. The monoisotopic (exact) mass is 537 g/mol. The molecule has 1 aliphatic carbocycles. The molecule has 1 saturated carbocycles. The maximum atomic E-state index is 12.9. The fourth-order valence-electron chi connectivity index (χ4n) is 4.56. The molecular weight excluding hydrogens is 506 g/mol. The first-order chi connectivity index (χ1) is 18.7. The van der Waals surface area contributed by atoms with Gasteiger partial charge < -0.3 is 20.5 Å². The summed E-state index contributed by atoms with van der Waals surface area (Å²) in [6, 6.07) is 7.57. The van der Waals surface area contributed by atoms with Gasteiger partial charge in [-0.15, -0.1) is 5.10 Å². The number of carbonyl (C=O) groups excluding carboxylic acids is 2. The molecule has 14 nitrogen and oxygen atoms in total. The molecule has 39 heavy (non-hydrogen) atoms. The molecule has 5 rings (SSSR count). The van der Waals surface area contributed by atoms with Gasteiger partial charge >= 0.3 is 17.9 Å². The van der Waals surface area contributed by atoms with Crippen molar-refractivity contribution in [1.82, 2.24) is 29.1 Å². The molecule has 0 bridgehead atoms. The van der Waals surface area contributed by atoms with E-state index in [1.165, 1.54) is 14.2 Å². The number of aromatic nitrogens is 6. The number of pyridine rings is 1. The van der Waals surface area contributed by atoms with E-state index in [2.05, 4.69) is 36.4 Å². The average molecular weight is 538 g/mol. The predicted molar refractivity (Wildman–Crippen MR) is 145 cm³/mol. The second kappa shape index (κ2) is 11.7. The lowest BCUT2D eigenvalue weighted by Gasteiger charge is -2.13. The van der Waals surface area contributed by atoms with E-state index in [-0.39, 0.29) is 11.7 Å². The van der Waals surface area contributed by atoms with Crippen molar-refractivity contribution < 1.29 is 19.1 Å². The Morgan fingerprint density at radius 2 is 1.72 bits per heavy atom. The van der Waals surface area contributed by atoms with Gasteiger partial charge in [0.15, 0.2) is 0 Å². The average Bonchev–Trinajstić information content (AvgIpc) is 3.65. The van der Waals surface area contributed by atoms with Gasteiger partial charge in [0.05, 0.1) is 37.6 Å². The number of fused-ring (bicyclic) bond motifs is 1. The van der Waals surface area contributed by atoms with Crippen LogP contribution in [-0.2, 0) is 23.6 Å². The van der Waals surface area contributed by atoms with Crippen molar-refractivity contribution in [3.63, 3.8) is 0 Å². The third kappa shape index (κ3) is 6.17. The molecule has 1 aliphatic rings. The fourth-order valence-corrected chi connectivity index (χ4v) is 4.56. The number of amides is 2. The summed E-state index contributed by atoms with van der Waals surface area (Å²) in [4.78, 5) is 38.6. The number of nitrogens with zero attached hydrogens (tertiary/aromatic N) is 6. The highest BCUT2D eigenvalue weighted by atomic mass is 16.5. The zero-order valence-corrected chi connectivity index (χ0v) is 22.2. The van der Waals surface area contributed by atoms with E-state index in [4.69, 9.17) is 4.74 Å². The number of rotatable bonds is 5. The number of hydrogen-bond acceptors (Lipinski definition) is 9. The van der Waals surface area contributed by atoms with E-state index >= 15 is 0 Å². The van der Waals surface area contributed by atoms with Crippen LogP contribution in [0.5, 0.6) is 0 Å². The van der Waals surface area contributed by atoms with Crippen LogP contribution < -0.4 is 22.1 Å². The minimum atomic E-state index is -0.745. The van der Waals surface area contributed by atoms with Gasteiger partial charge in [0.2, 0.25) is 0 Å². The van der Waals surface area contributed by atoms with Gasteiger partial charge in [0.1, 0.15) is 11.5 Å². The van der Waals surface area contributed by atoms with Crippen LogP contribution in [-0.4, -0.2) is 55.5 Å². The number of nitrogens with one attached hydrogen (secondary N) is 2. The molecule has 3 aromatic heterocycles. The van der Waals surface area contributed by atoms with Crippen molar-refractivity contribution in [2.75, 3.05) is 24.9 Å². The molecule has 0 atom stereocenters. The maximum absolute atomic E-state index is 12.9. The van der Waals surface area contributed by atoms with Crippen molar-refractivity contribution in [3.05, 3.63) is 47.1 Å². The van der Waals surface area contributed by atoms with Crippen LogP contribution in [0.4, 0.5) is 26.8 Å². The number of methoxy groups -OCH3 is 2. The van der Waals surface area contributed by atoms with Crippen molar-refractivity contribution in [3.8, 4) is 11.3 Å². The van der Waals surface area contributed by atoms with Crippen molar-refractivity contribution >= 4 is 40.4 Å². The topological polar surface area (TPSA) is 173 Å². The van der Waals surface area contributed by atoms with Crippen LogP contribution in [0.15, 0.2) is 41.5 Å². The first-order valence-corrected chi connectivity index (χ1v) is 12.2. The molecule has 3 heterocycles. The van der Waals surface area contributed by atoms with E-state index in [1.54, 1.807) is 47.9 Å². The molecule has 0 saturated heterocycles. The van der Waals surface area contributed by atoms with Crippen LogP contribution in [0, 0.1) is 0 Å². The van der Waals surface area contributed by atoms with E-state index < -0.39 is 12.2 Å². The SMILES string of the molecule is COC(=O)Nc1cc(Nc2cc3c(cn2)n(C)c(=O)n3C2CCCC2)cc(-c2cn(C)nn2)c1.COC(N)=O. The zero-order valence-electron chi connectivity index (χ0n) is 22.2. The van der Waals surface area contributed by atoms with Gasteiger partial charge in [0, 0.05) is 43.1 Å². The van der Waals surface area contributed by atoms with Crippen LogP contribution in [0.25, 0.3) is 22.3 Å². The summed E-state index contributed by atoms with van der Waals surface area (Å²) in [7, 11) is 6.10. The second-order valence-corrected chi connectivity index (χ2v) is 9.05. The van der Waals surface area contributed by atoms with Gasteiger partial charge in [-0.05, 0) is 31.0 Å². The Labute approximate surface area is 223 Å². The number of aryl methyl sites for hydroxylation is 2. The smallest absolute Gasteiger partial charge is 0.411 e. The van der Waals surface area contributed by atoms with E-state index in [1.807, 2.05) is 16.7 Å². The fraction of sp³-hybridized carbons (Fsp3) is 0.360. The molecule has 4 N–H and O–H groups in total. The number of hydrogen-bond donors (Lipinski definition) is 3. The van der Waals surface area contributed by atoms with E-state index in [0.717, 1.165) is 42.3 Å². The maximum Gasteiger partial charge on any atom is 0.411 e. The molecule has 0 unspecified atom stereocenters. The molecule has 2 amide bonds. The van der Waals surface area contributed by atoms with Crippen LogP contribution in [0.1, 0.15) is 31.7 Å². The molecule has 0 spiro atoms. The molecule has 1 aromatic carbocycles. The molecular formula is C25H31N9O5. The normalized spacial score (nSPS) is 13.0. The quantitative estimate of drug-likeness (QED) is 0.345. The van der Waals surface area contributed by atoms with Crippen molar-refractivity contribution in [2.45, 2.75) is 31.7 Å². The number of benzene rings is 1. The Kier molecular flexibility index (Phi) is 8.13. The van der Waals surface area contributed by atoms with Crippen LogP contribution in [0.2, 0.25) is 0 Å². The highest BCUT2D eigenvalue weighted by Crippen LogP contribution is 2.32. The predicted octanol–water partition coefficient (Wildman–Crippen LogP) is 3.28. The Balaban J connectivity index is 0.000000648. The number of anilines is 3. The summed E-state index contributed by atoms with van der Waals surface area (Å²) in [6.45, 7) is 0. The lowest BCUT2D eigenvalue weighted by atomic mass is 10.1. The minimum absolute atomic E-state index is 0.0185. The number of ether oxygens (including phenoxy) is 2. The Hall–Kier alpha value is -4.88. The number of primary amides is 1. The lowest BCUT2D eigenvalue weighted by Crippen LogP contribution is -2.24. The summed E-state index contributed by atoms with van der Waals surface area (Å²) in [5.41, 5.74) is 8.69. The molecule has 14 heteroatoms. The third-order valence-electron chi connectivity index (χ3n) is 6.40. The largest absolute Gasteiger partial charge is 0.453 e. The summed E-state index contributed by atoms with van der Waals surface area (Å²) in [6.07, 6.45) is 6.46. The highest BCUT2D eigenvalue weighted by molar-refractivity contribution is 5.88. The summed E-state index contributed by atoms with van der Waals surface area (Å²) >= 11 is 0. The van der Waals surface area contributed by atoms with E-state index in [9.17, 15) is 14.4 Å². The minimum Gasteiger partial charge on any atom is -0.453 e. The molecule has 206 valence electrons. The summed E-state index contributed by atoms with van der Waals surface area (Å²) < 4.78 is 13.8. The molecule has 4 aromatic rings. The van der Waals surface area contributed by atoms with Gasteiger partial charge in [-0.25, -0.2) is 19.4 Å². The van der Waals surface area contributed by atoms with Gasteiger partial charge in [-0.3, -0.25) is 19.1 Å². The number of carbonyl (C=O) groups is 2. The van der Waals surface area contributed by atoms with Gasteiger partial charge in [-0.2, -0.15) is 0 Å². The second-order valence-electron chi connectivity index (χ2n) is 9.05. The first kappa shape index (κ1) is 27.2. The number of nitrogens with two attached hydrogens (primary N) is 1. The molecule has 1 fully saturated rings. The number of imidazole rings is 1. The van der Waals surface area contributed by atoms with Gasteiger partial charge in [0.25, 0.3) is 0 Å². The summed E-state index contributed by atoms with van der Waals surface area (Å²) in [5, 5.41) is 14.2. The van der Waals surface area contributed by atoms with Crippen LogP contribution in [0.3, 0.4) is 0 Å². The first-order valence-electron chi connectivity index (χ1n) is 12.2. The van der Waals surface area contributed by atoms with Crippen molar-refractivity contribution in [2.24, 2.45) is 19.8 Å². The summed E-state index contributed by atoms with van der Waals surface area (Å²) in [5.74, 6) is 0.588.